The van der Waals surface area contributed by atoms with Gasteiger partial charge >= 0.3 is 0 Å². The Kier molecular flexibility index (Phi) is 2.55. The normalized spacial score (nSPS) is 17.1. The topological polar surface area (TPSA) is 7.12 Å². The standard InChI is InChI=1S/C12H19N2/c1-10(2)14-7-5-11-8-13(3)6-4-12(11)9-14/h5,7,9-10H,4,6,8H2,1-3H3/q+1. The number of hydrogen-bond acceptors (Lipinski definition) is 1. The van der Waals surface area contributed by atoms with Gasteiger partial charge in [-0.25, -0.2) is 4.57 Å². The van der Waals surface area contributed by atoms with Gasteiger partial charge in [0.1, 0.15) is 0 Å². The van der Waals surface area contributed by atoms with Gasteiger partial charge in [-0.15, -0.1) is 0 Å². The van der Waals surface area contributed by atoms with Crippen molar-refractivity contribution < 1.29 is 4.57 Å². The predicted molar refractivity (Wildman–Crippen MR) is 57.1 cm³/mol. The second-order valence-electron chi connectivity index (χ2n) is 4.52. The van der Waals surface area contributed by atoms with E-state index in [1.165, 1.54) is 24.1 Å². The number of fused-ring (bicyclic) bond motifs is 1. The monoisotopic (exact) mass is 191 g/mol. The number of nitrogens with zero attached hydrogens (tertiary/aromatic N) is 2. The molecule has 2 rings (SSSR count). The Morgan fingerprint density at radius 2 is 2.14 bits per heavy atom. The average molecular weight is 191 g/mol. The Balaban J connectivity index is 2.31. The number of likely N-dealkylation sites (N-methyl/N-ethyl adjacent to an activating group) is 1. The third kappa shape index (κ3) is 1.80. The summed E-state index contributed by atoms with van der Waals surface area (Å²) < 4.78 is 2.30. The second kappa shape index (κ2) is 3.70. The van der Waals surface area contributed by atoms with Crippen molar-refractivity contribution in [3.63, 3.8) is 0 Å². The van der Waals surface area contributed by atoms with Crippen LogP contribution >= 0.6 is 0 Å². The lowest BCUT2D eigenvalue weighted by Crippen LogP contribution is -2.38. The summed E-state index contributed by atoms with van der Waals surface area (Å²) >= 11 is 0. The summed E-state index contributed by atoms with van der Waals surface area (Å²) in [5, 5.41) is 0. The second-order valence-corrected chi connectivity index (χ2v) is 4.52. The van der Waals surface area contributed by atoms with Crippen LogP contribution in [0.15, 0.2) is 18.5 Å². The zero-order valence-corrected chi connectivity index (χ0v) is 9.33. The van der Waals surface area contributed by atoms with E-state index < -0.39 is 0 Å². The summed E-state index contributed by atoms with van der Waals surface area (Å²) in [6.07, 6.45) is 5.70. The molecule has 0 unspecified atom stereocenters. The molecule has 1 aliphatic heterocycles. The van der Waals surface area contributed by atoms with E-state index in [9.17, 15) is 0 Å². The highest BCUT2D eigenvalue weighted by Crippen LogP contribution is 2.15. The van der Waals surface area contributed by atoms with Crippen molar-refractivity contribution in [2.24, 2.45) is 0 Å². The van der Waals surface area contributed by atoms with Gasteiger partial charge in [-0.1, -0.05) is 0 Å². The lowest BCUT2D eigenvalue weighted by atomic mass is 10.0. The van der Waals surface area contributed by atoms with E-state index in [1.54, 1.807) is 0 Å². The first-order chi connectivity index (χ1) is 6.66. The molecule has 0 atom stereocenters. The SMILES string of the molecule is CC(C)[n+]1ccc2c(c1)CCN(C)C2. The largest absolute Gasteiger partial charge is 0.302 e. The number of aromatic nitrogens is 1. The highest BCUT2D eigenvalue weighted by atomic mass is 15.1. The minimum absolute atomic E-state index is 0.569. The maximum Gasteiger partial charge on any atom is 0.172 e. The predicted octanol–water partition coefficient (Wildman–Crippen LogP) is 1.54. The molecule has 0 N–H and O–H groups in total. The fraction of sp³-hybridized carbons (Fsp3) is 0.583. The van der Waals surface area contributed by atoms with E-state index in [0.29, 0.717) is 6.04 Å². The zero-order chi connectivity index (χ0) is 10.1. The highest BCUT2D eigenvalue weighted by molar-refractivity contribution is 5.23. The van der Waals surface area contributed by atoms with Crippen molar-refractivity contribution in [1.82, 2.24) is 4.90 Å². The van der Waals surface area contributed by atoms with Gasteiger partial charge in [-0.2, -0.15) is 0 Å². The van der Waals surface area contributed by atoms with Gasteiger partial charge in [0, 0.05) is 24.7 Å². The van der Waals surface area contributed by atoms with Gasteiger partial charge in [0.15, 0.2) is 18.4 Å². The zero-order valence-electron chi connectivity index (χ0n) is 9.33. The van der Waals surface area contributed by atoms with Crippen LogP contribution in [0, 0.1) is 0 Å². The van der Waals surface area contributed by atoms with Crippen LogP contribution < -0.4 is 4.57 Å². The molecule has 0 amide bonds. The van der Waals surface area contributed by atoms with Crippen molar-refractivity contribution >= 4 is 0 Å². The van der Waals surface area contributed by atoms with Gasteiger partial charge in [-0.05, 0) is 32.9 Å². The molecule has 2 heterocycles. The molecular weight excluding hydrogens is 172 g/mol. The number of hydrogen-bond donors (Lipinski definition) is 0. The fourth-order valence-electron chi connectivity index (χ4n) is 1.97. The van der Waals surface area contributed by atoms with Crippen molar-refractivity contribution in [3.05, 3.63) is 29.6 Å². The van der Waals surface area contributed by atoms with Crippen molar-refractivity contribution in [2.45, 2.75) is 32.9 Å². The maximum atomic E-state index is 2.38. The molecule has 2 nitrogen and oxygen atoms in total. The Morgan fingerprint density at radius 3 is 2.86 bits per heavy atom. The van der Waals surface area contributed by atoms with E-state index in [-0.39, 0.29) is 0 Å². The molecule has 0 spiro atoms. The molecule has 76 valence electrons. The number of pyridine rings is 1. The summed E-state index contributed by atoms with van der Waals surface area (Å²) in [5.74, 6) is 0. The molecule has 0 bridgehead atoms. The van der Waals surface area contributed by atoms with Crippen LogP contribution in [0.1, 0.15) is 31.0 Å². The van der Waals surface area contributed by atoms with Gasteiger partial charge in [0.25, 0.3) is 0 Å². The number of rotatable bonds is 1. The van der Waals surface area contributed by atoms with Crippen molar-refractivity contribution in [2.75, 3.05) is 13.6 Å². The van der Waals surface area contributed by atoms with Gasteiger partial charge in [0.05, 0.1) is 0 Å². The summed E-state index contributed by atoms with van der Waals surface area (Å²) in [4.78, 5) is 2.38. The molecule has 0 radical (unpaired) electrons. The Hall–Kier alpha value is -0.890. The first-order valence-electron chi connectivity index (χ1n) is 5.38. The van der Waals surface area contributed by atoms with Crippen LogP contribution in [0.4, 0.5) is 0 Å². The van der Waals surface area contributed by atoms with Gasteiger partial charge in [-0.3, -0.25) is 0 Å². The summed E-state index contributed by atoms with van der Waals surface area (Å²) in [5.41, 5.74) is 3.02. The van der Waals surface area contributed by atoms with Crippen LogP contribution in [0.5, 0.6) is 0 Å². The van der Waals surface area contributed by atoms with E-state index in [0.717, 1.165) is 6.54 Å². The van der Waals surface area contributed by atoms with E-state index in [2.05, 4.69) is 48.8 Å². The smallest absolute Gasteiger partial charge is 0.172 e. The third-order valence-electron chi connectivity index (χ3n) is 2.96. The Morgan fingerprint density at radius 1 is 1.36 bits per heavy atom. The molecule has 2 heteroatoms. The minimum Gasteiger partial charge on any atom is -0.302 e. The summed E-state index contributed by atoms with van der Waals surface area (Å²) in [7, 11) is 2.19. The van der Waals surface area contributed by atoms with Crippen LogP contribution in [0.25, 0.3) is 0 Å². The Labute approximate surface area is 86.2 Å². The van der Waals surface area contributed by atoms with Gasteiger partial charge < -0.3 is 4.90 Å². The molecule has 14 heavy (non-hydrogen) atoms. The van der Waals surface area contributed by atoms with Crippen LogP contribution in [0.2, 0.25) is 0 Å². The minimum atomic E-state index is 0.569. The lowest BCUT2D eigenvalue weighted by Gasteiger charge is -2.23. The van der Waals surface area contributed by atoms with Gasteiger partial charge in [0.2, 0.25) is 0 Å². The average Bonchev–Trinajstić information content (AvgIpc) is 2.16. The molecular formula is C12H19N2+. The van der Waals surface area contributed by atoms with E-state index >= 15 is 0 Å². The first kappa shape index (κ1) is 9.66. The molecule has 1 aliphatic rings. The van der Waals surface area contributed by atoms with E-state index in [4.69, 9.17) is 0 Å². The molecule has 0 aromatic carbocycles. The molecule has 0 aliphatic carbocycles. The summed E-state index contributed by atoms with van der Waals surface area (Å²) in [6, 6.07) is 2.84. The van der Waals surface area contributed by atoms with Crippen LogP contribution in [-0.4, -0.2) is 18.5 Å². The van der Waals surface area contributed by atoms with Crippen LogP contribution in [-0.2, 0) is 13.0 Å². The third-order valence-corrected chi connectivity index (χ3v) is 2.96. The molecule has 0 saturated carbocycles. The fourth-order valence-corrected chi connectivity index (χ4v) is 1.97. The van der Waals surface area contributed by atoms with Crippen LogP contribution in [0.3, 0.4) is 0 Å². The van der Waals surface area contributed by atoms with E-state index in [1.807, 2.05) is 0 Å². The van der Waals surface area contributed by atoms with Crippen molar-refractivity contribution in [1.29, 1.82) is 0 Å². The molecule has 1 aromatic heterocycles. The quantitative estimate of drug-likeness (QED) is 0.611. The summed E-state index contributed by atoms with van der Waals surface area (Å²) in [6.45, 7) is 6.74. The maximum absolute atomic E-state index is 2.38. The highest BCUT2D eigenvalue weighted by Gasteiger charge is 2.17. The molecule has 0 saturated heterocycles. The Bertz CT molecular complexity index is 331. The molecule has 1 aromatic rings. The van der Waals surface area contributed by atoms with Crippen molar-refractivity contribution in [3.8, 4) is 0 Å². The lowest BCUT2D eigenvalue weighted by molar-refractivity contribution is -0.716. The first-order valence-corrected chi connectivity index (χ1v) is 5.38. The molecule has 0 fully saturated rings.